The number of furan rings is 1. The molecule has 3 nitrogen and oxygen atoms in total. The van der Waals surface area contributed by atoms with Crippen LogP contribution in [0.3, 0.4) is 0 Å². The summed E-state index contributed by atoms with van der Waals surface area (Å²) in [6.45, 7) is 1.92. The maximum absolute atomic E-state index is 5.98. The number of hydrogen-bond acceptors (Lipinski definition) is 3. The number of hydrogen-bond donors (Lipinski definition) is 2. The first-order valence-corrected chi connectivity index (χ1v) is 5.33. The monoisotopic (exact) mass is 194 g/mol. The van der Waals surface area contributed by atoms with E-state index in [1.165, 1.54) is 24.8 Å². The van der Waals surface area contributed by atoms with Gasteiger partial charge in [0.15, 0.2) is 0 Å². The topological polar surface area (TPSA) is 51.2 Å². The molecule has 0 bridgehead atoms. The van der Waals surface area contributed by atoms with Gasteiger partial charge in [-0.3, -0.25) is 0 Å². The zero-order chi connectivity index (χ0) is 9.80. The van der Waals surface area contributed by atoms with Crippen LogP contribution < -0.4 is 11.1 Å². The molecule has 1 fully saturated rings. The molecule has 0 aromatic carbocycles. The minimum absolute atomic E-state index is 0.409. The van der Waals surface area contributed by atoms with Crippen molar-refractivity contribution in [3.8, 4) is 0 Å². The highest BCUT2D eigenvalue weighted by molar-refractivity contribution is 5.04. The van der Waals surface area contributed by atoms with E-state index in [9.17, 15) is 0 Å². The fourth-order valence-electron chi connectivity index (χ4n) is 2.11. The molecule has 0 amide bonds. The van der Waals surface area contributed by atoms with Crippen LogP contribution >= 0.6 is 0 Å². The standard InChI is InChI=1S/C11H18N2O/c12-11-3-1-2-10(11)7-13-6-9-4-5-14-8-9/h4-5,8,10-11,13H,1-3,6-7,12H2. The molecule has 3 heteroatoms. The Kier molecular flexibility index (Phi) is 3.22. The molecule has 0 saturated heterocycles. The lowest BCUT2D eigenvalue weighted by Gasteiger charge is -2.15. The van der Waals surface area contributed by atoms with E-state index in [-0.39, 0.29) is 0 Å². The maximum atomic E-state index is 5.98. The minimum Gasteiger partial charge on any atom is -0.472 e. The lowest BCUT2D eigenvalue weighted by atomic mass is 10.0. The highest BCUT2D eigenvalue weighted by atomic mass is 16.3. The van der Waals surface area contributed by atoms with Crippen molar-refractivity contribution >= 4 is 0 Å². The van der Waals surface area contributed by atoms with E-state index in [1.807, 2.05) is 6.07 Å². The van der Waals surface area contributed by atoms with Crippen LogP contribution in [0.25, 0.3) is 0 Å². The number of nitrogens with two attached hydrogens (primary N) is 1. The molecule has 0 radical (unpaired) electrons. The lowest BCUT2D eigenvalue weighted by molar-refractivity contribution is 0.441. The Morgan fingerprint density at radius 1 is 1.50 bits per heavy atom. The smallest absolute Gasteiger partial charge is 0.0947 e. The lowest BCUT2D eigenvalue weighted by Crippen LogP contribution is -2.32. The van der Waals surface area contributed by atoms with Crippen LogP contribution in [0, 0.1) is 5.92 Å². The van der Waals surface area contributed by atoms with Crippen LogP contribution in [0.1, 0.15) is 24.8 Å². The van der Waals surface area contributed by atoms with E-state index in [0.717, 1.165) is 13.1 Å². The van der Waals surface area contributed by atoms with Crippen molar-refractivity contribution < 1.29 is 4.42 Å². The first-order valence-electron chi connectivity index (χ1n) is 5.33. The Hall–Kier alpha value is -0.800. The molecule has 1 heterocycles. The molecule has 2 atom stereocenters. The van der Waals surface area contributed by atoms with Gasteiger partial charge in [0, 0.05) is 18.2 Å². The zero-order valence-electron chi connectivity index (χ0n) is 8.41. The molecule has 1 aromatic rings. The fraction of sp³-hybridized carbons (Fsp3) is 0.636. The van der Waals surface area contributed by atoms with Crippen LogP contribution in [0.15, 0.2) is 23.0 Å². The molecule has 2 unspecified atom stereocenters. The first kappa shape index (κ1) is 9.74. The highest BCUT2D eigenvalue weighted by Crippen LogP contribution is 2.23. The summed E-state index contributed by atoms with van der Waals surface area (Å²) < 4.78 is 4.99. The summed E-state index contributed by atoms with van der Waals surface area (Å²) in [5.74, 6) is 0.668. The predicted octanol–water partition coefficient (Wildman–Crippen LogP) is 1.50. The van der Waals surface area contributed by atoms with Crippen LogP contribution in [0.5, 0.6) is 0 Å². The van der Waals surface area contributed by atoms with Crippen LogP contribution in [0.2, 0.25) is 0 Å². The van der Waals surface area contributed by atoms with Crippen molar-refractivity contribution in [1.82, 2.24) is 5.32 Å². The van der Waals surface area contributed by atoms with Gasteiger partial charge in [0.2, 0.25) is 0 Å². The molecule has 3 N–H and O–H groups in total. The molecule has 1 saturated carbocycles. The minimum atomic E-state index is 0.409. The van der Waals surface area contributed by atoms with Gasteiger partial charge in [-0.1, -0.05) is 6.42 Å². The second-order valence-corrected chi connectivity index (χ2v) is 4.12. The first-order chi connectivity index (χ1) is 6.86. The van der Waals surface area contributed by atoms with Gasteiger partial charge in [-0.15, -0.1) is 0 Å². The Labute approximate surface area is 84.7 Å². The molecule has 1 aliphatic rings. The van der Waals surface area contributed by atoms with Crippen molar-refractivity contribution in [3.05, 3.63) is 24.2 Å². The molecule has 1 aliphatic carbocycles. The predicted molar refractivity (Wildman–Crippen MR) is 55.7 cm³/mol. The van der Waals surface area contributed by atoms with Gasteiger partial charge < -0.3 is 15.5 Å². The average Bonchev–Trinajstić information content (AvgIpc) is 2.78. The summed E-state index contributed by atoms with van der Waals surface area (Å²) in [6, 6.07) is 2.40. The van der Waals surface area contributed by atoms with E-state index >= 15 is 0 Å². The van der Waals surface area contributed by atoms with E-state index in [4.69, 9.17) is 10.2 Å². The van der Waals surface area contributed by atoms with Gasteiger partial charge in [0.1, 0.15) is 0 Å². The largest absolute Gasteiger partial charge is 0.472 e. The van der Waals surface area contributed by atoms with Crippen molar-refractivity contribution in [2.75, 3.05) is 6.54 Å². The molecule has 2 rings (SSSR count). The van der Waals surface area contributed by atoms with Crippen LogP contribution in [-0.4, -0.2) is 12.6 Å². The molecule has 14 heavy (non-hydrogen) atoms. The Balaban J connectivity index is 1.68. The van der Waals surface area contributed by atoms with E-state index < -0.39 is 0 Å². The third kappa shape index (κ3) is 2.36. The fourth-order valence-corrected chi connectivity index (χ4v) is 2.11. The molecule has 1 aromatic heterocycles. The highest BCUT2D eigenvalue weighted by Gasteiger charge is 2.22. The third-order valence-electron chi connectivity index (χ3n) is 3.03. The summed E-state index contributed by atoms with van der Waals surface area (Å²) in [5, 5.41) is 3.42. The van der Waals surface area contributed by atoms with Gasteiger partial charge in [0.05, 0.1) is 12.5 Å². The van der Waals surface area contributed by atoms with Crippen molar-refractivity contribution in [2.24, 2.45) is 11.7 Å². The van der Waals surface area contributed by atoms with Crippen molar-refractivity contribution in [1.29, 1.82) is 0 Å². The molecular formula is C11H18N2O. The Bertz CT molecular complexity index is 258. The van der Waals surface area contributed by atoms with E-state index in [2.05, 4.69) is 5.32 Å². The normalized spacial score (nSPS) is 26.9. The van der Waals surface area contributed by atoms with Gasteiger partial charge in [-0.2, -0.15) is 0 Å². The molecule has 0 spiro atoms. The Morgan fingerprint density at radius 3 is 3.07 bits per heavy atom. The van der Waals surface area contributed by atoms with E-state index in [1.54, 1.807) is 12.5 Å². The number of nitrogens with one attached hydrogen (secondary N) is 1. The molecule has 78 valence electrons. The summed E-state index contributed by atoms with van der Waals surface area (Å²) in [4.78, 5) is 0. The zero-order valence-corrected chi connectivity index (χ0v) is 8.41. The summed E-state index contributed by atoms with van der Waals surface area (Å²) in [6.07, 6.45) is 7.25. The quantitative estimate of drug-likeness (QED) is 0.763. The third-order valence-corrected chi connectivity index (χ3v) is 3.03. The summed E-state index contributed by atoms with van der Waals surface area (Å²) >= 11 is 0. The second kappa shape index (κ2) is 4.62. The summed E-state index contributed by atoms with van der Waals surface area (Å²) in [7, 11) is 0. The number of rotatable bonds is 4. The second-order valence-electron chi connectivity index (χ2n) is 4.12. The van der Waals surface area contributed by atoms with Gasteiger partial charge >= 0.3 is 0 Å². The van der Waals surface area contributed by atoms with Crippen LogP contribution in [0.4, 0.5) is 0 Å². The SMILES string of the molecule is NC1CCCC1CNCc1ccoc1. The maximum Gasteiger partial charge on any atom is 0.0947 e. The van der Waals surface area contributed by atoms with Gasteiger partial charge in [0.25, 0.3) is 0 Å². The van der Waals surface area contributed by atoms with Crippen molar-refractivity contribution in [3.63, 3.8) is 0 Å². The van der Waals surface area contributed by atoms with Gasteiger partial charge in [-0.25, -0.2) is 0 Å². The van der Waals surface area contributed by atoms with E-state index in [0.29, 0.717) is 12.0 Å². The van der Waals surface area contributed by atoms with Crippen LogP contribution in [-0.2, 0) is 6.54 Å². The molecule has 0 aliphatic heterocycles. The van der Waals surface area contributed by atoms with Gasteiger partial charge in [-0.05, 0) is 31.4 Å². The molecular weight excluding hydrogens is 176 g/mol. The van der Waals surface area contributed by atoms with Crippen molar-refractivity contribution in [2.45, 2.75) is 31.8 Å². The Morgan fingerprint density at radius 2 is 2.43 bits per heavy atom. The average molecular weight is 194 g/mol. The summed E-state index contributed by atoms with van der Waals surface area (Å²) in [5.41, 5.74) is 7.19.